The van der Waals surface area contributed by atoms with Crippen molar-refractivity contribution in [2.75, 3.05) is 0 Å². The van der Waals surface area contributed by atoms with Crippen molar-refractivity contribution in [1.82, 2.24) is 0 Å². The Morgan fingerprint density at radius 3 is 2.75 bits per heavy atom. The van der Waals surface area contributed by atoms with Gasteiger partial charge in [0.05, 0.1) is 11.4 Å². The summed E-state index contributed by atoms with van der Waals surface area (Å²) < 4.78 is 13.3. The molecule has 2 aromatic rings. The fraction of sp³-hybridized carbons (Fsp3) is 0.125. The molecule has 1 aliphatic heterocycles. The van der Waals surface area contributed by atoms with Crippen molar-refractivity contribution in [3.05, 3.63) is 59.4 Å². The molecule has 0 unspecified atom stereocenters. The van der Waals surface area contributed by atoms with Crippen molar-refractivity contribution >= 4 is 17.2 Å². The van der Waals surface area contributed by atoms with Crippen LogP contribution in [0.4, 0.5) is 10.1 Å². The van der Waals surface area contributed by atoms with E-state index in [2.05, 4.69) is 4.99 Å². The van der Waals surface area contributed by atoms with Gasteiger partial charge in [0.2, 0.25) is 0 Å². The summed E-state index contributed by atoms with van der Waals surface area (Å²) in [6, 6.07) is 11.0. The summed E-state index contributed by atoms with van der Waals surface area (Å²) in [5.41, 5.74) is 2.22. The Bertz CT molecular complexity index is 722. The minimum Gasteiger partial charge on any atom is -0.507 e. The molecule has 3 rings (SSSR count). The van der Waals surface area contributed by atoms with Crippen molar-refractivity contribution in [2.24, 2.45) is 4.99 Å². The number of hydrogen-bond acceptors (Lipinski definition) is 3. The molecule has 0 bridgehead atoms. The zero-order chi connectivity index (χ0) is 14.1. The van der Waals surface area contributed by atoms with Crippen LogP contribution in [0.5, 0.6) is 5.75 Å². The Labute approximate surface area is 115 Å². The number of nitrogens with zero attached hydrogens (tertiary/aromatic N) is 1. The Kier molecular flexibility index (Phi) is 3.06. The monoisotopic (exact) mass is 269 g/mol. The molecule has 0 amide bonds. The lowest BCUT2D eigenvalue weighted by atomic mass is 10.0. The highest BCUT2D eigenvalue weighted by Crippen LogP contribution is 2.28. The number of rotatable bonds is 1. The molecule has 100 valence electrons. The van der Waals surface area contributed by atoms with Crippen LogP contribution in [0.25, 0.3) is 0 Å². The van der Waals surface area contributed by atoms with Crippen molar-refractivity contribution in [2.45, 2.75) is 12.8 Å². The number of aromatic hydroxyl groups is 1. The van der Waals surface area contributed by atoms with Crippen LogP contribution < -0.4 is 0 Å². The number of hydrogen-bond donors (Lipinski definition) is 1. The quantitative estimate of drug-likeness (QED) is 0.864. The summed E-state index contributed by atoms with van der Waals surface area (Å²) in [4.78, 5) is 16.4. The van der Waals surface area contributed by atoms with E-state index in [4.69, 9.17) is 0 Å². The predicted molar refractivity (Wildman–Crippen MR) is 74.0 cm³/mol. The third kappa shape index (κ3) is 2.32. The topological polar surface area (TPSA) is 49.7 Å². The number of fused-ring (bicyclic) bond motifs is 1. The van der Waals surface area contributed by atoms with Gasteiger partial charge in [0.1, 0.15) is 17.3 Å². The van der Waals surface area contributed by atoms with Gasteiger partial charge in [0.25, 0.3) is 0 Å². The molecule has 0 spiro atoms. The van der Waals surface area contributed by atoms with Crippen molar-refractivity contribution < 1.29 is 14.3 Å². The van der Waals surface area contributed by atoms with Crippen LogP contribution in [0, 0.1) is 5.82 Å². The fourth-order valence-corrected chi connectivity index (χ4v) is 2.31. The molecule has 0 fully saturated rings. The Balaban J connectivity index is 2.15. The fourth-order valence-electron chi connectivity index (χ4n) is 2.31. The summed E-state index contributed by atoms with van der Waals surface area (Å²) >= 11 is 0. The first-order valence-electron chi connectivity index (χ1n) is 6.29. The van der Waals surface area contributed by atoms with Crippen LogP contribution in [0.2, 0.25) is 0 Å². The molecule has 0 aromatic heterocycles. The zero-order valence-corrected chi connectivity index (χ0v) is 10.6. The van der Waals surface area contributed by atoms with E-state index < -0.39 is 5.82 Å². The molecule has 2 aromatic carbocycles. The number of carbonyl (C=O) groups excluding carboxylic acids is 1. The van der Waals surface area contributed by atoms with Crippen molar-refractivity contribution in [1.29, 1.82) is 0 Å². The molecule has 1 heterocycles. The van der Waals surface area contributed by atoms with E-state index in [0.29, 0.717) is 17.8 Å². The number of para-hydroxylation sites is 1. The van der Waals surface area contributed by atoms with E-state index in [1.165, 1.54) is 18.2 Å². The molecule has 0 saturated carbocycles. The SMILES string of the molecule is O=C1CC(c2cc(F)ccc2O)=Nc2ccccc2C1. The van der Waals surface area contributed by atoms with Crippen LogP contribution in [-0.2, 0) is 11.2 Å². The first kappa shape index (κ1) is 12.5. The van der Waals surface area contributed by atoms with E-state index in [1.807, 2.05) is 24.3 Å². The maximum atomic E-state index is 13.3. The Morgan fingerprint density at radius 2 is 1.90 bits per heavy atom. The van der Waals surface area contributed by atoms with Gasteiger partial charge in [-0.3, -0.25) is 9.79 Å². The van der Waals surface area contributed by atoms with E-state index >= 15 is 0 Å². The maximum Gasteiger partial charge on any atom is 0.143 e. The number of Topliss-reactive ketones (excluding diaryl/α,β-unsaturated/α-hetero) is 1. The molecule has 1 aliphatic rings. The minimum atomic E-state index is -0.467. The average Bonchev–Trinajstić information content (AvgIpc) is 2.59. The summed E-state index contributed by atoms with van der Waals surface area (Å²) in [7, 11) is 0. The molecular weight excluding hydrogens is 257 g/mol. The predicted octanol–water partition coefficient (Wildman–Crippen LogP) is 3.17. The van der Waals surface area contributed by atoms with Gasteiger partial charge < -0.3 is 5.11 Å². The third-order valence-electron chi connectivity index (χ3n) is 3.27. The second-order valence-corrected chi connectivity index (χ2v) is 4.74. The normalized spacial score (nSPS) is 14.4. The summed E-state index contributed by atoms with van der Waals surface area (Å²) in [6.07, 6.45) is 0.394. The lowest BCUT2D eigenvalue weighted by Gasteiger charge is -2.06. The van der Waals surface area contributed by atoms with Gasteiger partial charge in [0, 0.05) is 18.4 Å². The highest BCUT2D eigenvalue weighted by molar-refractivity contribution is 6.14. The van der Waals surface area contributed by atoms with Gasteiger partial charge in [0.15, 0.2) is 0 Å². The van der Waals surface area contributed by atoms with Crippen LogP contribution in [0.1, 0.15) is 17.5 Å². The molecule has 20 heavy (non-hydrogen) atoms. The number of benzene rings is 2. The molecule has 3 nitrogen and oxygen atoms in total. The van der Waals surface area contributed by atoms with Crippen molar-refractivity contribution in [3.8, 4) is 5.75 Å². The lowest BCUT2D eigenvalue weighted by Crippen LogP contribution is -2.09. The van der Waals surface area contributed by atoms with Crippen LogP contribution in [0.3, 0.4) is 0 Å². The molecule has 4 heteroatoms. The van der Waals surface area contributed by atoms with Gasteiger partial charge in [-0.15, -0.1) is 0 Å². The lowest BCUT2D eigenvalue weighted by molar-refractivity contribution is -0.117. The molecule has 1 N–H and O–H groups in total. The number of carbonyl (C=O) groups is 1. The van der Waals surface area contributed by atoms with E-state index in [1.54, 1.807) is 0 Å². The van der Waals surface area contributed by atoms with Gasteiger partial charge in [-0.1, -0.05) is 18.2 Å². The van der Waals surface area contributed by atoms with Crippen LogP contribution >= 0.6 is 0 Å². The van der Waals surface area contributed by atoms with Gasteiger partial charge in [-0.2, -0.15) is 0 Å². The van der Waals surface area contributed by atoms with Gasteiger partial charge >= 0.3 is 0 Å². The van der Waals surface area contributed by atoms with E-state index in [9.17, 15) is 14.3 Å². The number of phenols is 1. The van der Waals surface area contributed by atoms with Gasteiger partial charge in [-0.05, 0) is 29.8 Å². The van der Waals surface area contributed by atoms with Crippen molar-refractivity contribution in [3.63, 3.8) is 0 Å². The largest absolute Gasteiger partial charge is 0.507 e. The molecule has 0 saturated heterocycles. The molecule has 0 atom stereocenters. The third-order valence-corrected chi connectivity index (χ3v) is 3.27. The summed E-state index contributed by atoms with van der Waals surface area (Å²) in [6.45, 7) is 0. The van der Waals surface area contributed by atoms with E-state index in [0.717, 1.165) is 5.56 Å². The molecular formula is C16H12FNO2. The first-order chi connectivity index (χ1) is 9.63. The van der Waals surface area contributed by atoms with Crippen LogP contribution in [0.15, 0.2) is 47.5 Å². The highest BCUT2D eigenvalue weighted by Gasteiger charge is 2.19. The highest BCUT2D eigenvalue weighted by atomic mass is 19.1. The first-order valence-corrected chi connectivity index (χ1v) is 6.29. The summed E-state index contributed by atoms with van der Waals surface area (Å²) in [5.74, 6) is -0.542. The number of halogens is 1. The van der Waals surface area contributed by atoms with Gasteiger partial charge in [-0.25, -0.2) is 4.39 Å². The standard InChI is InChI=1S/C16H12FNO2/c17-11-5-6-16(20)13(8-11)15-9-12(19)7-10-3-1-2-4-14(10)18-15/h1-6,8,20H,7,9H2. The molecule has 0 radical (unpaired) electrons. The average molecular weight is 269 g/mol. The number of aliphatic imine (C=N–C) groups is 1. The zero-order valence-electron chi connectivity index (χ0n) is 10.6. The Hall–Kier alpha value is -2.49. The number of ketones is 1. The maximum absolute atomic E-state index is 13.3. The second kappa shape index (κ2) is 4.89. The smallest absolute Gasteiger partial charge is 0.143 e. The van der Waals surface area contributed by atoms with E-state index in [-0.39, 0.29) is 23.5 Å². The Morgan fingerprint density at radius 1 is 1.10 bits per heavy atom. The summed E-state index contributed by atoms with van der Waals surface area (Å²) in [5, 5.41) is 9.85. The second-order valence-electron chi connectivity index (χ2n) is 4.74. The number of phenolic OH excluding ortho intramolecular Hbond substituents is 1. The minimum absolute atomic E-state index is 0.00244. The van der Waals surface area contributed by atoms with Crippen LogP contribution in [-0.4, -0.2) is 16.6 Å². The molecule has 0 aliphatic carbocycles.